The predicted molar refractivity (Wildman–Crippen MR) is 96.7 cm³/mol. The molecular weight excluding hydrogens is 375 g/mol. The van der Waals surface area contributed by atoms with E-state index < -0.39 is 17.4 Å². The fraction of sp³-hybridized carbons (Fsp3) is 0.444. The molecule has 0 unspecified atom stereocenters. The second-order valence-electron chi connectivity index (χ2n) is 6.92. The van der Waals surface area contributed by atoms with Crippen LogP contribution in [0, 0.1) is 6.92 Å². The highest BCUT2D eigenvalue weighted by Gasteiger charge is 2.44. The Hall–Kier alpha value is -2.91. The van der Waals surface area contributed by atoms with Gasteiger partial charge in [0.15, 0.2) is 5.75 Å². The molecule has 2 N–H and O–H groups in total. The molecule has 1 aliphatic carbocycles. The summed E-state index contributed by atoms with van der Waals surface area (Å²) in [6.45, 7) is 3.44. The van der Waals surface area contributed by atoms with Crippen molar-refractivity contribution in [1.29, 1.82) is 0 Å². The number of amides is 1. The first kappa shape index (κ1) is 19.8. The first-order valence-electron chi connectivity index (χ1n) is 8.64. The average molecular weight is 395 g/mol. The third-order valence-corrected chi connectivity index (χ3v) is 3.96. The summed E-state index contributed by atoms with van der Waals surface area (Å²) in [5, 5.41) is 5.39. The van der Waals surface area contributed by atoms with Gasteiger partial charge in [0.25, 0.3) is 0 Å². The maximum Gasteiger partial charge on any atom is 0.303 e. The van der Waals surface area contributed by atoms with Crippen molar-refractivity contribution >= 4 is 23.2 Å². The lowest BCUT2D eigenvalue weighted by molar-refractivity contribution is -0.114. The fourth-order valence-corrected chi connectivity index (χ4v) is 2.36. The summed E-state index contributed by atoms with van der Waals surface area (Å²) < 4.78 is 46.7. The molecule has 1 saturated carbocycles. The summed E-state index contributed by atoms with van der Waals surface area (Å²) in [6.07, 6.45) is 2.17. The number of aromatic nitrogens is 3. The molecule has 2 heterocycles. The second-order valence-corrected chi connectivity index (χ2v) is 6.92. The number of nitrogens with one attached hydrogen (secondary N) is 2. The van der Waals surface area contributed by atoms with Crippen LogP contribution in [-0.2, 0) is 10.7 Å². The molecule has 0 atom stereocenters. The van der Waals surface area contributed by atoms with E-state index in [0.29, 0.717) is 31.1 Å². The van der Waals surface area contributed by atoms with Crippen molar-refractivity contribution in [3.8, 4) is 5.75 Å². The molecule has 0 aromatic carbocycles. The first-order valence-corrected chi connectivity index (χ1v) is 8.64. The molecule has 7 nitrogen and oxygen atoms in total. The van der Waals surface area contributed by atoms with E-state index in [0.717, 1.165) is 0 Å². The lowest BCUT2D eigenvalue weighted by Gasteiger charge is -2.16. The van der Waals surface area contributed by atoms with Crippen molar-refractivity contribution in [3.63, 3.8) is 0 Å². The van der Waals surface area contributed by atoms with Gasteiger partial charge in [0.2, 0.25) is 11.7 Å². The summed E-state index contributed by atoms with van der Waals surface area (Å²) in [7, 11) is 0. The molecule has 0 saturated heterocycles. The molecule has 1 aliphatic rings. The molecule has 3 rings (SSSR count). The van der Waals surface area contributed by atoms with Crippen LogP contribution in [0.1, 0.15) is 38.2 Å². The van der Waals surface area contributed by atoms with Crippen LogP contribution in [0.3, 0.4) is 0 Å². The van der Waals surface area contributed by atoms with E-state index in [4.69, 9.17) is 4.74 Å². The minimum atomic E-state index is -3.21. The molecule has 28 heavy (non-hydrogen) atoms. The molecular formula is C18H20F3N5O2. The Morgan fingerprint density at radius 2 is 2.00 bits per heavy atom. The number of halogens is 3. The molecule has 0 bridgehead atoms. The zero-order chi connectivity index (χ0) is 20.5. The lowest BCUT2D eigenvalue weighted by Crippen LogP contribution is -2.16. The number of carbonyl (C=O) groups is 1. The van der Waals surface area contributed by atoms with Gasteiger partial charge in [0.1, 0.15) is 23.9 Å². The van der Waals surface area contributed by atoms with E-state index in [-0.39, 0.29) is 29.9 Å². The van der Waals surface area contributed by atoms with Crippen LogP contribution in [0.4, 0.5) is 30.5 Å². The molecule has 2 aromatic rings. The second kappa shape index (κ2) is 7.25. The topological polar surface area (TPSA) is 89.0 Å². The Morgan fingerprint density at radius 3 is 2.61 bits per heavy atom. The van der Waals surface area contributed by atoms with Gasteiger partial charge in [0.05, 0.1) is 11.9 Å². The number of hydrogen-bond donors (Lipinski definition) is 2. The van der Waals surface area contributed by atoms with Gasteiger partial charge in [-0.3, -0.25) is 4.79 Å². The van der Waals surface area contributed by atoms with Gasteiger partial charge in [-0.1, -0.05) is 0 Å². The van der Waals surface area contributed by atoms with Gasteiger partial charge < -0.3 is 15.4 Å². The van der Waals surface area contributed by atoms with Crippen LogP contribution in [0.15, 0.2) is 18.3 Å². The van der Waals surface area contributed by atoms with Crippen molar-refractivity contribution < 1.29 is 22.7 Å². The number of alkyl halides is 3. The zero-order valence-electron chi connectivity index (χ0n) is 15.6. The van der Waals surface area contributed by atoms with E-state index >= 15 is 0 Å². The van der Waals surface area contributed by atoms with E-state index in [2.05, 4.69) is 25.6 Å². The normalized spacial score (nSPS) is 15.1. The number of pyridine rings is 1. The Balaban J connectivity index is 1.91. The Labute approximate surface area is 159 Å². The maximum atomic E-state index is 13.9. The first-order chi connectivity index (χ1) is 13.0. The third kappa shape index (κ3) is 5.08. The minimum Gasteiger partial charge on any atom is -0.486 e. The molecule has 0 spiro atoms. The smallest absolute Gasteiger partial charge is 0.303 e. The van der Waals surface area contributed by atoms with Crippen LogP contribution in [-0.4, -0.2) is 33.1 Å². The van der Waals surface area contributed by atoms with Crippen LogP contribution in [0.2, 0.25) is 0 Å². The van der Waals surface area contributed by atoms with Gasteiger partial charge in [0, 0.05) is 31.7 Å². The number of carbonyl (C=O) groups excluding carboxylic acids is 1. The summed E-state index contributed by atoms with van der Waals surface area (Å²) in [5.41, 5.74) is -0.712. The molecule has 1 fully saturated rings. The number of hydrogen-bond acceptors (Lipinski definition) is 6. The minimum absolute atomic E-state index is 0.107. The molecule has 1 amide bonds. The highest BCUT2D eigenvalue weighted by atomic mass is 19.3. The highest BCUT2D eigenvalue weighted by molar-refractivity contribution is 5.88. The Kier molecular flexibility index (Phi) is 5.14. The van der Waals surface area contributed by atoms with Crippen molar-refractivity contribution in [2.45, 2.75) is 45.2 Å². The summed E-state index contributed by atoms with van der Waals surface area (Å²) in [4.78, 5) is 22.9. The molecule has 0 radical (unpaired) electrons. The summed E-state index contributed by atoms with van der Waals surface area (Å²) >= 11 is 0. The number of aryl methyl sites for hydroxylation is 1. The molecule has 0 aliphatic heterocycles. The summed E-state index contributed by atoms with van der Waals surface area (Å²) in [5.74, 6) is -3.65. The van der Waals surface area contributed by atoms with Crippen molar-refractivity contribution in [3.05, 3.63) is 29.8 Å². The van der Waals surface area contributed by atoms with E-state index in [1.54, 1.807) is 6.92 Å². The molecule has 10 heteroatoms. The van der Waals surface area contributed by atoms with Crippen molar-refractivity contribution in [2.75, 3.05) is 17.2 Å². The quantitative estimate of drug-likeness (QED) is 0.740. The van der Waals surface area contributed by atoms with Crippen LogP contribution < -0.4 is 15.4 Å². The van der Waals surface area contributed by atoms with Crippen molar-refractivity contribution in [2.24, 2.45) is 0 Å². The number of anilines is 3. The zero-order valence-corrected chi connectivity index (χ0v) is 15.6. The van der Waals surface area contributed by atoms with E-state index in [1.807, 2.05) is 0 Å². The largest absolute Gasteiger partial charge is 0.486 e. The predicted octanol–water partition coefficient (Wildman–Crippen LogP) is 3.87. The van der Waals surface area contributed by atoms with Gasteiger partial charge in [-0.25, -0.2) is 19.3 Å². The van der Waals surface area contributed by atoms with Crippen LogP contribution in [0.25, 0.3) is 0 Å². The standard InChI is InChI=1S/C18H20F3N5O2/c1-10-6-15(26-16(23-10)17(3,19)20)25-12-7-14(24-11(2)27)22-8-13(12)28-9-18(21)4-5-18/h6-8H,4-5,9H2,1-3H3,(H2,22,23,24,25,26,27). The fourth-order valence-electron chi connectivity index (χ4n) is 2.36. The monoisotopic (exact) mass is 395 g/mol. The van der Waals surface area contributed by atoms with Crippen LogP contribution in [0.5, 0.6) is 5.75 Å². The van der Waals surface area contributed by atoms with Gasteiger partial charge in [-0.05, 0) is 19.8 Å². The van der Waals surface area contributed by atoms with Gasteiger partial charge >= 0.3 is 5.92 Å². The van der Waals surface area contributed by atoms with E-state index in [9.17, 15) is 18.0 Å². The molecule has 2 aromatic heterocycles. The number of rotatable bonds is 7. The average Bonchev–Trinajstić information content (AvgIpc) is 3.30. The van der Waals surface area contributed by atoms with Gasteiger partial charge in [-0.2, -0.15) is 8.78 Å². The summed E-state index contributed by atoms with van der Waals surface area (Å²) in [6, 6.07) is 2.94. The van der Waals surface area contributed by atoms with Gasteiger partial charge in [-0.15, -0.1) is 0 Å². The maximum absolute atomic E-state index is 13.9. The lowest BCUT2D eigenvalue weighted by atomic mass is 10.3. The number of ether oxygens (including phenoxy) is 1. The molecule has 150 valence electrons. The number of nitrogens with zero attached hydrogens (tertiary/aromatic N) is 3. The third-order valence-electron chi connectivity index (χ3n) is 3.96. The highest BCUT2D eigenvalue weighted by Crippen LogP contribution is 2.41. The van der Waals surface area contributed by atoms with Crippen LogP contribution >= 0.6 is 0 Å². The Morgan fingerprint density at radius 1 is 1.29 bits per heavy atom. The SMILES string of the molecule is CC(=O)Nc1cc(Nc2cc(C)nc(C(C)(F)F)n2)c(OCC2(F)CC2)cn1. The van der Waals surface area contributed by atoms with E-state index in [1.165, 1.54) is 25.3 Å². The van der Waals surface area contributed by atoms with Crippen molar-refractivity contribution in [1.82, 2.24) is 15.0 Å². The Bertz CT molecular complexity index is 897.